The molecule has 2 aliphatic rings. The van der Waals surface area contributed by atoms with Crippen LogP contribution in [0.2, 0.25) is 0 Å². The third-order valence-electron chi connectivity index (χ3n) is 3.31. The number of carbonyl (C=O) groups excluding carboxylic acids is 1. The fraction of sp³-hybridized carbons (Fsp3) is 0.889. The number of sulfone groups is 1. The lowest BCUT2D eigenvalue weighted by Crippen LogP contribution is -2.47. The maximum absolute atomic E-state index is 11.6. The summed E-state index contributed by atoms with van der Waals surface area (Å²) < 4.78 is 33.1. The van der Waals surface area contributed by atoms with Crippen molar-refractivity contribution in [3.05, 3.63) is 0 Å². The van der Waals surface area contributed by atoms with Crippen molar-refractivity contribution in [2.24, 2.45) is 11.7 Å². The molecule has 2 heterocycles. The van der Waals surface area contributed by atoms with Gasteiger partial charge in [-0.2, -0.15) is 0 Å². The molecule has 0 radical (unpaired) electrons. The number of hydrogen-bond donors (Lipinski definition) is 1. The average Bonchev–Trinajstić information content (AvgIpc) is 2.68. The molecule has 2 saturated heterocycles. The van der Waals surface area contributed by atoms with Crippen LogP contribution in [0.3, 0.4) is 0 Å². The first-order chi connectivity index (χ1) is 7.40. The molecule has 2 aliphatic heterocycles. The van der Waals surface area contributed by atoms with Gasteiger partial charge in [0.2, 0.25) is 0 Å². The first-order valence-corrected chi connectivity index (χ1v) is 6.90. The van der Waals surface area contributed by atoms with Crippen LogP contribution in [0, 0.1) is 5.92 Å². The Hall–Kier alpha value is -0.660. The summed E-state index contributed by atoms with van der Waals surface area (Å²) in [6, 6.07) is -0.485. The molecule has 2 N–H and O–H groups in total. The Labute approximate surface area is 94.0 Å². The minimum Gasteiger partial charge on any atom is -0.469 e. The van der Waals surface area contributed by atoms with Crippen molar-refractivity contribution >= 4 is 15.8 Å². The Bertz CT molecular complexity index is 406. The minimum atomic E-state index is -3.12. The van der Waals surface area contributed by atoms with Gasteiger partial charge in [-0.05, 0) is 6.42 Å². The highest BCUT2D eigenvalue weighted by Crippen LogP contribution is 2.41. The molecule has 0 amide bonds. The fourth-order valence-electron chi connectivity index (χ4n) is 2.56. The van der Waals surface area contributed by atoms with E-state index in [2.05, 4.69) is 4.74 Å². The second kappa shape index (κ2) is 3.68. The van der Waals surface area contributed by atoms with Crippen LogP contribution in [0.15, 0.2) is 0 Å². The molecular weight excluding hydrogens is 234 g/mol. The van der Waals surface area contributed by atoms with Crippen molar-refractivity contribution < 1.29 is 22.7 Å². The number of rotatable bonds is 1. The van der Waals surface area contributed by atoms with E-state index in [1.54, 1.807) is 0 Å². The third kappa shape index (κ3) is 1.72. The van der Waals surface area contributed by atoms with Crippen LogP contribution < -0.4 is 5.73 Å². The maximum atomic E-state index is 11.6. The lowest BCUT2D eigenvalue weighted by atomic mass is 9.84. The summed E-state index contributed by atoms with van der Waals surface area (Å²) in [6.07, 6.45) is 0.322. The highest BCUT2D eigenvalue weighted by atomic mass is 32.2. The van der Waals surface area contributed by atoms with Crippen LogP contribution in [0.5, 0.6) is 0 Å². The van der Waals surface area contributed by atoms with Crippen LogP contribution in [-0.2, 0) is 24.1 Å². The molecule has 3 unspecified atom stereocenters. The second-order valence-electron chi connectivity index (χ2n) is 4.38. The molecule has 16 heavy (non-hydrogen) atoms. The standard InChI is InChI=1S/C9H15NO5S/c1-14-8(11)7-6(10)4-15-9(7)2-3-16(12,13)5-9/h6-7H,2-5,10H2,1H3. The summed E-state index contributed by atoms with van der Waals surface area (Å²) >= 11 is 0. The number of ether oxygens (including phenoxy) is 2. The maximum Gasteiger partial charge on any atom is 0.313 e. The first kappa shape index (κ1) is 11.8. The van der Waals surface area contributed by atoms with E-state index >= 15 is 0 Å². The molecule has 6 nitrogen and oxygen atoms in total. The Morgan fingerprint density at radius 3 is 2.75 bits per heavy atom. The van der Waals surface area contributed by atoms with E-state index in [0.717, 1.165) is 0 Å². The Morgan fingerprint density at radius 2 is 2.25 bits per heavy atom. The third-order valence-corrected chi connectivity index (χ3v) is 5.07. The SMILES string of the molecule is COC(=O)C1C(N)COC12CCS(=O)(=O)C2. The zero-order valence-electron chi connectivity index (χ0n) is 9.01. The number of carbonyl (C=O) groups is 1. The summed E-state index contributed by atoms with van der Waals surface area (Å²) in [7, 11) is -1.86. The molecule has 92 valence electrons. The van der Waals surface area contributed by atoms with Gasteiger partial charge >= 0.3 is 5.97 Å². The van der Waals surface area contributed by atoms with E-state index in [1.165, 1.54) is 7.11 Å². The van der Waals surface area contributed by atoms with Crippen LogP contribution in [0.4, 0.5) is 0 Å². The van der Waals surface area contributed by atoms with Gasteiger partial charge in [-0.1, -0.05) is 0 Å². The zero-order chi connectivity index (χ0) is 12.0. The van der Waals surface area contributed by atoms with Crippen molar-refractivity contribution in [2.75, 3.05) is 25.2 Å². The van der Waals surface area contributed by atoms with Crippen LogP contribution >= 0.6 is 0 Å². The van der Waals surface area contributed by atoms with Crippen LogP contribution in [-0.4, -0.2) is 51.3 Å². The number of esters is 1. The van der Waals surface area contributed by atoms with E-state index in [4.69, 9.17) is 10.5 Å². The molecule has 0 aliphatic carbocycles. The predicted octanol–water partition coefficient (Wildman–Crippen LogP) is -1.31. The molecule has 7 heteroatoms. The molecule has 1 spiro atoms. The monoisotopic (exact) mass is 249 g/mol. The van der Waals surface area contributed by atoms with Crippen molar-refractivity contribution in [3.8, 4) is 0 Å². The van der Waals surface area contributed by atoms with Gasteiger partial charge in [-0.25, -0.2) is 8.42 Å². The summed E-state index contributed by atoms with van der Waals surface area (Å²) in [5.74, 6) is -1.24. The highest BCUT2D eigenvalue weighted by Gasteiger charge is 2.58. The van der Waals surface area contributed by atoms with Crippen molar-refractivity contribution in [1.29, 1.82) is 0 Å². The Balaban J connectivity index is 2.31. The van der Waals surface area contributed by atoms with E-state index in [0.29, 0.717) is 6.42 Å². The van der Waals surface area contributed by atoms with Gasteiger partial charge in [0.05, 0.1) is 30.8 Å². The fourth-order valence-corrected chi connectivity index (χ4v) is 4.51. The summed E-state index contributed by atoms with van der Waals surface area (Å²) in [5, 5.41) is 0. The van der Waals surface area contributed by atoms with Crippen molar-refractivity contribution in [3.63, 3.8) is 0 Å². The molecule has 0 aromatic heterocycles. The number of hydrogen-bond acceptors (Lipinski definition) is 6. The molecule has 2 fully saturated rings. The van der Waals surface area contributed by atoms with E-state index in [-0.39, 0.29) is 18.1 Å². The van der Waals surface area contributed by atoms with Gasteiger partial charge in [0.25, 0.3) is 0 Å². The van der Waals surface area contributed by atoms with Crippen LogP contribution in [0.1, 0.15) is 6.42 Å². The van der Waals surface area contributed by atoms with Gasteiger partial charge < -0.3 is 15.2 Å². The first-order valence-electron chi connectivity index (χ1n) is 5.08. The van der Waals surface area contributed by atoms with Gasteiger partial charge in [-0.3, -0.25) is 4.79 Å². The van der Waals surface area contributed by atoms with Gasteiger partial charge in [0.15, 0.2) is 9.84 Å². The summed E-state index contributed by atoms with van der Waals surface area (Å²) in [5.41, 5.74) is 4.82. The molecule has 3 atom stereocenters. The molecule has 0 saturated carbocycles. The van der Waals surface area contributed by atoms with Gasteiger partial charge in [0.1, 0.15) is 5.92 Å². The topological polar surface area (TPSA) is 95.7 Å². The molecule has 2 rings (SSSR count). The molecule has 0 aromatic carbocycles. The van der Waals surface area contributed by atoms with Gasteiger partial charge in [-0.15, -0.1) is 0 Å². The summed E-state index contributed by atoms with van der Waals surface area (Å²) in [6.45, 7) is 0.204. The lowest BCUT2D eigenvalue weighted by molar-refractivity contribution is -0.151. The highest BCUT2D eigenvalue weighted by molar-refractivity contribution is 7.91. The summed E-state index contributed by atoms with van der Waals surface area (Å²) in [4.78, 5) is 11.6. The lowest BCUT2D eigenvalue weighted by Gasteiger charge is -2.27. The second-order valence-corrected chi connectivity index (χ2v) is 6.57. The van der Waals surface area contributed by atoms with E-state index in [9.17, 15) is 13.2 Å². The molecule has 0 aromatic rings. The number of nitrogens with two attached hydrogens (primary N) is 1. The smallest absolute Gasteiger partial charge is 0.313 e. The van der Waals surface area contributed by atoms with E-state index in [1.807, 2.05) is 0 Å². The minimum absolute atomic E-state index is 0.0488. The average molecular weight is 249 g/mol. The Kier molecular flexibility index (Phi) is 2.72. The van der Waals surface area contributed by atoms with E-state index < -0.39 is 33.4 Å². The van der Waals surface area contributed by atoms with Crippen molar-refractivity contribution in [1.82, 2.24) is 0 Å². The molecule has 0 bridgehead atoms. The quantitative estimate of drug-likeness (QED) is 0.580. The van der Waals surface area contributed by atoms with Crippen LogP contribution in [0.25, 0.3) is 0 Å². The predicted molar refractivity (Wildman–Crippen MR) is 55.4 cm³/mol. The number of methoxy groups -OCH3 is 1. The molecular formula is C9H15NO5S. The van der Waals surface area contributed by atoms with Crippen molar-refractivity contribution in [2.45, 2.75) is 18.1 Å². The Morgan fingerprint density at radius 1 is 1.56 bits per heavy atom. The zero-order valence-corrected chi connectivity index (χ0v) is 9.83. The largest absolute Gasteiger partial charge is 0.469 e. The van der Waals surface area contributed by atoms with Gasteiger partial charge in [0, 0.05) is 6.04 Å². The normalized spacial score (nSPS) is 41.4.